The van der Waals surface area contributed by atoms with Gasteiger partial charge in [-0.1, -0.05) is 12.1 Å². The van der Waals surface area contributed by atoms with Crippen molar-refractivity contribution < 1.29 is 4.92 Å². The van der Waals surface area contributed by atoms with E-state index in [-0.39, 0.29) is 5.69 Å². The van der Waals surface area contributed by atoms with Gasteiger partial charge in [0.05, 0.1) is 26.0 Å². The molecule has 24 heavy (non-hydrogen) atoms. The van der Waals surface area contributed by atoms with E-state index < -0.39 is 4.92 Å². The number of nitro benzene ring substituents is 1. The third kappa shape index (κ3) is 3.05. The van der Waals surface area contributed by atoms with Crippen molar-refractivity contribution >= 4 is 44.3 Å². The van der Waals surface area contributed by atoms with Gasteiger partial charge in [0.15, 0.2) is 0 Å². The molecule has 2 aromatic carbocycles. The van der Waals surface area contributed by atoms with Gasteiger partial charge in [0.25, 0.3) is 5.69 Å². The van der Waals surface area contributed by atoms with Crippen molar-refractivity contribution in [2.24, 2.45) is 0 Å². The number of benzene rings is 2. The molecule has 0 radical (unpaired) electrons. The van der Waals surface area contributed by atoms with Gasteiger partial charge in [-0.25, -0.2) is 4.98 Å². The predicted molar refractivity (Wildman–Crippen MR) is 95.1 cm³/mol. The first kappa shape index (κ1) is 15.9. The van der Waals surface area contributed by atoms with Crippen LogP contribution in [0.4, 0.5) is 5.69 Å². The number of hydrogen-bond donors (Lipinski definition) is 1. The maximum atomic E-state index is 11.0. The van der Waals surface area contributed by atoms with E-state index in [0.717, 1.165) is 16.6 Å². The van der Waals surface area contributed by atoms with Crippen molar-refractivity contribution in [1.29, 1.82) is 5.26 Å². The summed E-state index contributed by atoms with van der Waals surface area (Å²) in [6.45, 7) is 1.97. The molecule has 118 valence electrons. The third-order valence-corrected chi connectivity index (χ3v) is 4.16. The number of nitrogens with one attached hydrogen (secondary N) is 1. The minimum absolute atomic E-state index is 0.0544. The summed E-state index contributed by atoms with van der Waals surface area (Å²) in [6, 6.07) is 12.6. The van der Waals surface area contributed by atoms with Crippen LogP contribution in [0.2, 0.25) is 0 Å². The van der Waals surface area contributed by atoms with Crippen LogP contribution in [-0.2, 0) is 0 Å². The van der Waals surface area contributed by atoms with Crippen LogP contribution in [-0.4, -0.2) is 14.9 Å². The number of nitriles is 1. The number of H-pyrrole nitrogens is 1. The summed E-state index contributed by atoms with van der Waals surface area (Å²) in [6.07, 6.45) is 1.57. The standard InChI is InChI=1S/C17H11BrN4O2/c1-10-2-5-14-15(6-10)21-17(20-14)12(9-19)7-11-3-4-13(18)16(8-11)22(23)24/h2-8H,1H3,(H,20,21)/b12-7-. The first-order valence-corrected chi connectivity index (χ1v) is 7.79. The molecule has 0 aliphatic rings. The maximum Gasteiger partial charge on any atom is 0.284 e. The molecule has 0 aliphatic heterocycles. The van der Waals surface area contributed by atoms with Crippen molar-refractivity contribution in [2.75, 3.05) is 0 Å². The van der Waals surface area contributed by atoms with E-state index in [1.165, 1.54) is 6.07 Å². The minimum Gasteiger partial charge on any atom is -0.337 e. The summed E-state index contributed by atoms with van der Waals surface area (Å²) in [5.74, 6) is 0.434. The van der Waals surface area contributed by atoms with E-state index >= 15 is 0 Å². The second-order valence-electron chi connectivity index (χ2n) is 5.24. The number of aryl methyl sites for hydroxylation is 1. The average molecular weight is 383 g/mol. The third-order valence-electron chi connectivity index (χ3n) is 3.49. The van der Waals surface area contributed by atoms with Crippen LogP contribution in [0, 0.1) is 28.4 Å². The Morgan fingerprint density at radius 1 is 1.38 bits per heavy atom. The van der Waals surface area contributed by atoms with Crippen molar-refractivity contribution in [1.82, 2.24) is 9.97 Å². The largest absolute Gasteiger partial charge is 0.337 e. The number of fused-ring (bicyclic) bond motifs is 1. The Morgan fingerprint density at radius 2 is 2.17 bits per heavy atom. The molecular formula is C17H11BrN4O2. The fraction of sp³-hybridized carbons (Fsp3) is 0.0588. The van der Waals surface area contributed by atoms with E-state index in [1.54, 1.807) is 18.2 Å². The summed E-state index contributed by atoms with van der Waals surface area (Å²) in [4.78, 5) is 18.1. The maximum absolute atomic E-state index is 11.0. The van der Waals surface area contributed by atoms with Crippen molar-refractivity contribution in [3.8, 4) is 6.07 Å². The van der Waals surface area contributed by atoms with Gasteiger partial charge in [-0.05, 0) is 58.3 Å². The molecule has 0 aliphatic carbocycles. The Hall–Kier alpha value is -2.98. The van der Waals surface area contributed by atoms with Crippen LogP contribution in [0.3, 0.4) is 0 Å². The lowest BCUT2D eigenvalue weighted by Gasteiger charge is -1.99. The molecule has 0 saturated heterocycles. The number of hydrogen-bond acceptors (Lipinski definition) is 4. The van der Waals surface area contributed by atoms with Gasteiger partial charge in [-0.2, -0.15) is 5.26 Å². The lowest BCUT2D eigenvalue weighted by molar-refractivity contribution is -0.385. The first-order chi connectivity index (χ1) is 11.5. The molecule has 0 saturated carbocycles. The molecule has 0 fully saturated rings. The molecule has 0 unspecified atom stereocenters. The van der Waals surface area contributed by atoms with Crippen LogP contribution in [0.25, 0.3) is 22.7 Å². The Balaban J connectivity index is 2.07. The molecule has 6 nitrogen and oxygen atoms in total. The molecule has 0 spiro atoms. The zero-order chi connectivity index (χ0) is 17.3. The van der Waals surface area contributed by atoms with Crippen molar-refractivity contribution in [3.63, 3.8) is 0 Å². The molecule has 3 rings (SSSR count). The topological polar surface area (TPSA) is 95.6 Å². The normalized spacial score (nSPS) is 11.5. The minimum atomic E-state index is -0.475. The number of allylic oxidation sites excluding steroid dienone is 1. The number of halogens is 1. The monoisotopic (exact) mass is 382 g/mol. The van der Waals surface area contributed by atoms with Crippen molar-refractivity contribution in [3.05, 3.63) is 67.9 Å². The Bertz CT molecular complexity index is 1030. The molecular weight excluding hydrogens is 372 g/mol. The molecule has 1 heterocycles. The lowest BCUT2D eigenvalue weighted by atomic mass is 10.1. The summed E-state index contributed by atoms with van der Waals surface area (Å²) in [7, 11) is 0. The molecule has 1 aromatic heterocycles. The lowest BCUT2D eigenvalue weighted by Crippen LogP contribution is -1.90. The van der Waals surface area contributed by atoms with E-state index in [1.807, 2.05) is 25.1 Å². The van der Waals surface area contributed by atoms with Crippen LogP contribution in [0.15, 0.2) is 40.9 Å². The number of rotatable bonds is 3. The molecule has 7 heteroatoms. The highest BCUT2D eigenvalue weighted by Crippen LogP contribution is 2.27. The van der Waals surface area contributed by atoms with Gasteiger partial charge < -0.3 is 4.98 Å². The van der Waals surface area contributed by atoms with Gasteiger partial charge in [0.2, 0.25) is 0 Å². The van der Waals surface area contributed by atoms with E-state index in [0.29, 0.717) is 21.4 Å². The zero-order valence-corrected chi connectivity index (χ0v) is 14.2. The van der Waals surface area contributed by atoms with Crippen molar-refractivity contribution in [2.45, 2.75) is 6.92 Å². The fourth-order valence-corrected chi connectivity index (χ4v) is 2.72. The molecule has 0 amide bonds. The fourth-order valence-electron chi connectivity index (χ4n) is 2.33. The molecule has 0 bridgehead atoms. The highest BCUT2D eigenvalue weighted by molar-refractivity contribution is 9.10. The Kier molecular flexibility index (Phi) is 4.15. The summed E-state index contributed by atoms with van der Waals surface area (Å²) >= 11 is 3.14. The Labute approximate surface area is 145 Å². The molecule has 0 atom stereocenters. The SMILES string of the molecule is Cc1ccc2nc(/C(C#N)=C\c3ccc(Br)c([N+](=O)[O-])c3)[nH]c2c1. The van der Waals surface area contributed by atoms with Crippen LogP contribution >= 0.6 is 15.9 Å². The Morgan fingerprint density at radius 3 is 2.88 bits per heavy atom. The highest BCUT2D eigenvalue weighted by atomic mass is 79.9. The quantitative estimate of drug-likeness (QED) is 0.406. The van der Waals surface area contributed by atoms with E-state index in [4.69, 9.17) is 0 Å². The van der Waals surface area contributed by atoms with E-state index in [2.05, 4.69) is 32.0 Å². The van der Waals surface area contributed by atoms with E-state index in [9.17, 15) is 15.4 Å². The summed E-state index contributed by atoms with van der Waals surface area (Å²) in [5.41, 5.74) is 3.50. The number of aromatic amines is 1. The second kappa shape index (κ2) is 6.26. The summed E-state index contributed by atoms with van der Waals surface area (Å²) in [5, 5.41) is 20.5. The predicted octanol–water partition coefficient (Wildman–Crippen LogP) is 4.61. The van der Waals surface area contributed by atoms with Crippen LogP contribution in [0.1, 0.15) is 17.0 Å². The summed E-state index contributed by atoms with van der Waals surface area (Å²) < 4.78 is 0.391. The second-order valence-corrected chi connectivity index (χ2v) is 6.10. The highest BCUT2D eigenvalue weighted by Gasteiger charge is 2.13. The average Bonchev–Trinajstić information content (AvgIpc) is 2.96. The number of aromatic nitrogens is 2. The molecule has 3 aromatic rings. The zero-order valence-electron chi connectivity index (χ0n) is 12.6. The van der Waals surface area contributed by atoms with Gasteiger partial charge in [0, 0.05) is 6.07 Å². The first-order valence-electron chi connectivity index (χ1n) is 7.00. The molecule has 1 N–H and O–H groups in total. The van der Waals surface area contributed by atoms with Gasteiger partial charge in [0.1, 0.15) is 11.9 Å². The smallest absolute Gasteiger partial charge is 0.284 e. The van der Waals surface area contributed by atoms with Crippen LogP contribution < -0.4 is 0 Å². The van der Waals surface area contributed by atoms with Crippen LogP contribution in [0.5, 0.6) is 0 Å². The van der Waals surface area contributed by atoms with Gasteiger partial charge in [-0.15, -0.1) is 0 Å². The van der Waals surface area contributed by atoms with Gasteiger partial charge >= 0.3 is 0 Å². The number of nitro groups is 1. The number of nitrogens with zero attached hydrogens (tertiary/aromatic N) is 3. The number of imidazole rings is 1. The van der Waals surface area contributed by atoms with Gasteiger partial charge in [-0.3, -0.25) is 10.1 Å².